The van der Waals surface area contributed by atoms with Crippen molar-refractivity contribution in [3.05, 3.63) is 12.2 Å². The Kier molecular flexibility index (Phi) is 37.3. The summed E-state index contributed by atoms with van der Waals surface area (Å²) >= 11 is 0. The maximum absolute atomic E-state index is 12.9. The summed E-state index contributed by atoms with van der Waals surface area (Å²) in [5, 5.41) is 13.9. The smallest absolute Gasteiger partial charge is 0.391 e. The minimum Gasteiger partial charge on any atom is -0.391 e. The molecule has 0 radical (unpaired) electrons. The number of allylic oxidation sites excluding steroid dienone is 2. The predicted octanol–water partition coefficient (Wildman–Crippen LogP) is 12.8. The lowest BCUT2D eigenvalue weighted by molar-refractivity contribution is -0.870. The van der Waals surface area contributed by atoms with Crippen molar-refractivity contribution in [2.75, 3.05) is 40.9 Å². The number of phosphoric ester groups is 1. The molecule has 0 spiro atoms. The van der Waals surface area contributed by atoms with Crippen LogP contribution in [0.4, 0.5) is 0 Å². The quantitative estimate of drug-likeness (QED) is 0.0246. The number of rotatable bonds is 42. The highest BCUT2D eigenvalue weighted by atomic mass is 31.2. The van der Waals surface area contributed by atoms with Crippen molar-refractivity contribution in [3.63, 3.8) is 0 Å². The number of phosphoric acid groups is 1. The third-order valence-electron chi connectivity index (χ3n) is 10.5. The summed E-state index contributed by atoms with van der Waals surface area (Å²) in [6.07, 6.45) is 42.4. The molecule has 54 heavy (non-hydrogen) atoms. The topological polar surface area (TPSA) is 105 Å². The molecular formula is C45H92N2O6P+. The second-order valence-corrected chi connectivity index (χ2v) is 18.6. The molecule has 8 nitrogen and oxygen atoms in total. The van der Waals surface area contributed by atoms with Crippen molar-refractivity contribution in [1.29, 1.82) is 0 Å². The fourth-order valence-electron chi connectivity index (χ4n) is 6.81. The van der Waals surface area contributed by atoms with Crippen LogP contribution in [0.1, 0.15) is 219 Å². The molecule has 0 aliphatic rings. The second-order valence-electron chi connectivity index (χ2n) is 17.1. The van der Waals surface area contributed by atoms with E-state index in [9.17, 15) is 19.4 Å². The van der Waals surface area contributed by atoms with Crippen LogP contribution < -0.4 is 5.32 Å². The zero-order chi connectivity index (χ0) is 40.0. The summed E-state index contributed by atoms with van der Waals surface area (Å²) in [6, 6.07) is -0.755. The molecule has 0 aromatic carbocycles. The number of aliphatic hydroxyl groups is 1. The van der Waals surface area contributed by atoms with Crippen molar-refractivity contribution >= 4 is 13.7 Å². The van der Waals surface area contributed by atoms with E-state index in [0.717, 1.165) is 38.5 Å². The molecule has 0 saturated heterocycles. The zero-order valence-electron chi connectivity index (χ0n) is 36.5. The SMILES string of the molecule is CCCCCCCC/C=C/CCCCCCCCCCCCCC(=O)N[C@@H](COP(=O)(O)OCC[N+](C)(C)C)[C@H](O)CCCCCCCCCCCCC. The molecular weight excluding hydrogens is 695 g/mol. The van der Waals surface area contributed by atoms with Crippen molar-refractivity contribution in [2.45, 2.75) is 231 Å². The van der Waals surface area contributed by atoms with Gasteiger partial charge in [0.15, 0.2) is 0 Å². The van der Waals surface area contributed by atoms with Gasteiger partial charge in [0, 0.05) is 6.42 Å². The first-order valence-corrected chi connectivity index (χ1v) is 24.5. The summed E-state index contributed by atoms with van der Waals surface area (Å²) in [4.78, 5) is 23.1. The van der Waals surface area contributed by atoms with E-state index in [-0.39, 0.29) is 19.1 Å². The van der Waals surface area contributed by atoms with Crippen LogP contribution in [0.3, 0.4) is 0 Å². The number of unbranched alkanes of at least 4 members (excludes halogenated alkanes) is 27. The summed E-state index contributed by atoms with van der Waals surface area (Å²) < 4.78 is 23.6. The van der Waals surface area contributed by atoms with E-state index >= 15 is 0 Å². The summed E-state index contributed by atoms with van der Waals surface area (Å²) in [5.41, 5.74) is 0. The first kappa shape index (κ1) is 53.2. The number of amides is 1. The monoisotopic (exact) mass is 788 g/mol. The molecule has 322 valence electrons. The lowest BCUT2D eigenvalue weighted by atomic mass is 10.0. The lowest BCUT2D eigenvalue weighted by Crippen LogP contribution is -2.46. The third kappa shape index (κ3) is 39.5. The Balaban J connectivity index is 4.23. The molecule has 0 heterocycles. The first-order chi connectivity index (χ1) is 26.0. The van der Waals surface area contributed by atoms with E-state index in [1.807, 2.05) is 21.1 Å². The van der Waals surface area contributed by atoms with Crippen LogP contribution in [-0.2, 0) is 18.4 Å². The van der Waals surface area contributed by atoms with Crippen LogP contribution in [0.25, 0.3) is 0 Å². The van der Waals surface area contributed by atoms with Gasteiger partial charge in [-0.1, -0.05) is 187 Å². The molecule has 3 N–H and O–H groups in total. The van der Waals surface area contributed by atoms with Gasteiger partial charge >= 0.3 is 7.82 Å². The number of quaternary nitrogens is 1. The van der Waals surface area contributed by atoms with Gasteiger partial charge in [0.05, 0.1) is 39.9 Å². The van der Waals surface area contributed by atoms with Gasteiger partial charge in [-0.2, -0.15) is 0 Å². The lowest BCUT2D eigenvalue weighted by Gasteiger charge is -2.26. The molecule has 0 saturated carbocycles. The number of carbonyl (C=O) groups is 1. The normalized spacial score (nSPS) is 14.4. The summed E-state index contributed by atoms with van der Waals surface area (Å²) in [6.45, 7) is 4.88. The zero-order valence-corrected chi connectivity index (χ0v) is 37.4. The van der Waals surface area contributed by atoms with Gasteiger partial charge in [0.1, 0.15) is 13.2 Å². The van der Waals surface area contributed by atoms with Crippen LogP contribution in [0.2, 0.25) is 0 Å². The number of nitrogens with zero attached hydrogens (tertiary/aromatic N) is 1. The Hall–Kier alpha value is -0.760. The van der Waals surface area contributed by atoms with Gasteiger partial charge in [-0.25, -0.2) is 4.57 Å². The molecule has 1 unspecified atom stereocenters. The van der Waals surface area contributed by atoms with Crippen molar-refractivity contribution in [1.82, 2.24) is 5.32 Å². The highest BCUT2D eigenvalue weighted by Crippen LogP contribution is 2.43. The number of aliphatic hydroxyl groups excluding tert-OH is 1. The van der Waals surface area contributed by atoms with Gasteiger partial charge in [0.25, 0.3) is 0 Å². The molecule has 0 rings (SSSR count). The van der Waals surface area contributed by atoms with Crippen LogP contribution in [0.15, 0.2) is 12.2 Å². The van der Waals surface area contributed by atoms with Gasteiger partial charge < -0.3 is 19.8 Å². The Bertz CT molecular complexity index is 896. The molecule has 1 amide bonds. The van der Waals surface area contributed by atoms with Crippen molar-refractivity contribution in [3.8, 4) is 0 Å². The van der Waals surface area contributed by atoms with E-state index in [0.29, 0.717) is 23.9 Å². The molecule has 0 aromatic rings. The number of nitrogens with one attached hydrogen (secondary N) is 1. The highest BCUT2D eigenvalue weighted by Gasteiger charge is 2.28. The molecule has 0 fully saturated rings. The minimum absolute atomic E-state index is 0.0765. The van der Waals surface area contributed by atoms with E-state index in [1.54, 1.807) is 0 Å². The van der Waals surface area contributed by atoms with Gasteiger partial charge in [-0.3, -0.25) is 13.8 Å². The highest BCUT2D eigenvalue weighted by molar-refractivity contribution is 7.47. The van der Waals surface area contributed by atoms with E-state index in [1.165, 1.54) is 154 Å². The Morgan fingerprint density at radius 2 is 1.00 bits per heavy atom. The summed E-state index contributed by atoms with van der Waals surface area (Å²) in [7, 11) is 1.62. The summed E-state index contributed by atoms with van der Waals surface area (Å²) in [5.74, 6) is -0.145. The van der Waals surface area contributed by atoms with E-state index in [4.69, 9.17) is 9.05 Å². The van der Waals surface area contributed by atoms with Crippen LogP contribution in [0.5, 0.6) is 0 Å². The Morgan fingerprint density at radius 1 is 0.611 bits per heavy atom. The Labute approximate surface area is 335 Å². The average Bonchev–Trinajstić information content (AvgIpc) is 3.12. The third-order valence-corrected chi connectivity index (χ3v) is 11.5. The molecule has 0 aliphatic heterocycles. The van der Waals surface area contributed by atoms with Gasteiger partial charge in [-0.05, 0) is 38.5 Å². The molecule has 0 aliphatic carbocycles. The van der Waals surface area contributed by atoms with Crippen LogP contribution >= 0.6 is 7.82 Å². The first-order valence-electron chi connectivity index (χ1n) is 23.1. The number of likely N-dealkylation sites (N-methyl/N-ethyl adjacent to an activating group) is 1. The molecule has 3 atom stereocenters. The fraction of sp³-hybridized carbons (Fsp3) is 0.933. The maximum atomic E-state index is 12.9. The average molecular weight is 788 g/mol. The van der Waals surface area contributed by atoms with E-state index < -0.39 is 20.0 Å². The van der Waals surface area contributed by atoms with Gasteiger partial charge in [-0.15, -0.1) is 0 Å². The maximum Gasteiger partial charge on any atom is 0.472 e. The molecule has 9 heteroatoms. The standard InChI is InChI=1S/C45H91N2O6P/c1-6-8-10-12-14-16-18-19-20-21-22-23-24-25-26-27-29-31-33-35-37-39-45(49)46-43(42-53-54(50,51)52-41-40-47(3,4)5)44(48)38-36-34-32-30-28-17-15-13-11-9-7-2/h19-20,43-44,48H,6-18,21-42H2,1-5H3,(H-,46,49,50,51)/p+1/b20-19+/t43-,44+/m0/s1. The second kappa shape index (κ2) is 37.8. The largest absolute Gasteiger partial charge is 0.472 e. The predicted molar refractivity (Wildman–Crippen MR) is 231 cm³/mol. The molecule has 0 aromatic heterocycles. The van der Waals surface area contributed by atoms with E-state index in [2.05, 4.69) is 31.3 Å². The minimum atomic E-state index is -4.31. The van der Waals surface area contributed by atoms with Crippen molar-refractivity contribution < 1.29 is 32.9 Å². The number of hydrogen-bond donors (Lipinski definition) is 3. The Morgan fingerprint density at radius 3 is 1.43 bits per heavy atom. The number of hydrogen-bond acceptors (Lipinski definition) is 5. The number of carbonyl (C=O) groups excluding carboxylic acids is 1. The van der Waals surface area contributed by atoms with Crippen LogP contribution in [0, 0.1) is 0 Å². The van der Waals surface area contributed by atoms with Gasteiger partial charge in [0.2, 0.25) is 5.91 Å². The molecule has 0 bridgehead atoms. The fourth-order valence-corrected chi connectivity index (χ4v) is 7.54. The van der Waals surface area contributed by atoms with Crippen LogP contribution in [-0.4, -0.2) is 73.4 Å². The van der Waals surface area contributed by atoms with Crippen molar-refractivity contribution in [2.24, 2.45) is 0 Å².